The number of carbonyl (C=O) groups is 1. The molecule has 3 aliphatic carbocycles. The van der Waals surface area contributed by atoms with Gasteiger partial charge in [-0.15, -0.1) is 0 Å². The minimum atomic E-state index is -4.03. The SMILES string of the molecule is CC1=C2c3ccccc3N(S(=O)(=O)c3ccccc3)[C@H]2[C@H](C(=O)N2C3C[C@H]4CC[C@@]3(CS2(=O)=O)C4(C)C)CC1. The van der Waals surface area contributed by atoms with Crippen LogP contribution in [0.1, 0.15) is 58.4 Å². The number of benzene rings is 2. The molecule has 3 fully saturated rings. The summed E-state index contributed by atoms with van der Waals surface area (Å²) >= 11 is 0. The Labute approximate surface area is 231 Å². The van der Waals surface area contributed by atoms with Gasteiger partial charge >= 0.3 is 0 Å². The smallest absolute Gasteiger partial charge is 0.264 e. The van der Waals surface area contributed by atoms with Crippen LogP contribution in [-0.2, 0) is 24.8 Å². The fraction of sp³-hybridized carbons (Fsp3) is 0.500. The Morgan fingerprint density at radius 2 is 1.69 bits per heavy atom. The lowest BCUT2D eigenvalue weighted by molar-refractivity contribution is -0.133. The monoisotopic (exact) mass is 566 g/mol. The van der Waals surface area contributed by atoms with Crippen LogP contribution in [0.5, 0.6) is 0 Å². The van der Waals surface area contributed by atoms with Gasteiger partial charge in [-0.1, -0.05) is 55.8 Å². The van der Waals surface area contributed by atoms with E-state index in [1.807, 2.05) is 25.1 Å². The van der Waals surface area contributed by atoms with Crippen molar-refractivity contribution in [3.63, 3.8) is 0 Å². The summed E-state index contributed by atoms with van der Waals surface area (Å²) < 4.78 is 58.6. The van der Waals surface area contributed by atoms with E-state index in [2.05, 4.69) is 13.8 Å². The van der Waals surface area contributed by atoms with Gasteiger partial charge in [0.05, 0.1) is 34.3 Å². The van der Waals surface area contributed by atoms with Gasteiger partial charge < -0.3 is 0 Å². The van der Waals surface area contributed by atoms with Crippen LogP contribution in [-0.4, -0.2) is 44.9 Å². The molecule has 0 N–H and O–H groups in total. The second kappa shape index (κ2) is 7.97. The minimum Gasteiger partial charge on any atom is -0.273 e. The van der Waals surface area contributed by atoms with Crippen LogP contribution in [0.2, 0.25) is 0 Å². The lowest BCUT2D eigenvalue weighted by Gasteiger charge is -2.40. The van der Waals surface area contributed by atoms with Gasteiger partial charge in [0, 0.05) is 11.0 Å². The Kier molecular flexibility index (Phi) is 5.17. The maximum atomic E-state index is 14.6. The summed E-state index contributed by atoms with van der Waals surface area (Å²) in [6.45, 7) is 6.33. The van der Waals surface area contributed by atoms with Crippen LogP contribution in [0.3, 0.4) is 0 Å². The van der Waals surface area contributed by atoms with Gasteiger partial charge in [-0.25, -0.2) is 21.1 Å². The minimum absolute atomic E-state index is 0.00523. The fourth-order valence-corrected chi connectivity index (χ4v) is 13.1. The highest BCUT2D eigenvalue weighted by molar-refractivity contribution is 7.93. The Bertz CT molecular complexity index is 1650. The summed E-state index contributed by atoms with van der Waals surface area (Å²) in [5, 5.41) is 0. The molecule has 1 saturated heterocycles. The topological polar surface area (TPSA) is 91.8 Å². The van der Waals surface area contributed by atoms with E-state index in [-0.39, 0.29) is 22.1 Å². The average Bonchev–Trinajstić information content (AvgIpc) is 3.52. The molecule has 1 spiro atoms. The van der Waals surface area contributed by atoms with E-state index >= 15 is 0 Å². The maximum Gasteiger partial charge on any atom is 0.264 e. The molecule has 0 aromatic heterocycles. The van der Waals surface area contributed by atoms with Crippen molar-refractivity contribution >= 4 is 37.2 Å². The molecule has 5 aliphatic rings. The normalized spacial score (nSPS) is 33.7. The molecule has 2 bridgehead atoms. The van der Waals surface area contributed by atoms with Gasteiger partial charge in [0.15, 0.2) is 0 Å². The number of hydrogen-bond acceptors (Lipinski definition) is 5. The van der Waals surface area contributed by atoms with Crippen molar-refractivity contribution in [2.75, 3.05) is 10.1 Å². The van der Waals surface area contributed by atoms with Gasteiger partial charge in [0.1, 0.15) is 0 Å². The number of sulfonamides is 2. The summed E-state index contributed by atoms with van der Waals surface area (Å²) in [5.41, 5.74) is 2.66. The number of rotatable bonds is 3. The zero-order valence-corrected chi connectivity index (χ0v) is 24.1. The Morgan fingerprint density at radius 1 is 1.00 bits per heavy atom. The van der Waals surface area contributed by atoms with E-state index in [0.717, 1.165) is 29.6 Å². The Morgan fingerprint density at radius 3 is 2.41 bits per heavy atom. The summed E-state index contributed by atoms with van der Waals surface area (Å²) in [4.78, 5) is 14.7. The molecule has 5 atom stereocenters. The Balaban J connectivity index is 1.36. The third kappa shape index (κ3) is 3.11. The molecule has 9 heteroatoms. The van der Waals surface area contributed by atoms with E-state index in [9.17, 15) is 21.6 Å². The van der Waals surface area contributed by atoms with Crippen LogP contribution < -0.4 is 4.31 Å². The van der Waals surface area contributed by atoms with E-state index in [0.29, 0.717) is 30.9 Å². The molecule has 1 amide bonds. The lowest BCUT2D eigenvalue weighted by atomic mass is 9.69. The largest absolute Gasteiger partial charge is 0.273 e. The molecule has 206 valence electrons. The average molecular weight is 567 g/mol. The predicted octanol–water partition coefficient (Wildman–Crippen LogP) is 4.81. The van der Waals surface area contributed by atoms with E-state index in [1.165, 1.54) is 8.61 Å². The van der Waals surface area contributed by atoms with Crippen LogP contribution in [0.15, 0.2) is 65.1 Å². The summed E-state index contributed by atoms with van der Waals surface area (Å²) in [7, 11) is -7.86. The molecule has 7 nitrogen and oxygen atoms in total. The van der Waals surface area contributed by atoms with E-state index < -0.39 is 43.3 Å². The number of anilines is 1. The van der Waals surface area contributed by atoms with Crippen molar-refractivity contribution in [3.8, 4) is 0 Å². The number of carbonyl (C=O) groups excluding carboxylic acids is 1. The second-order valence-corrected chi connectivity index (χ2v) is 16.3. The van der Waals surface area contributed by atoms with Crippen molar-refractivity contribution in [2.45, 2.75) is 69.9 Å². The van der Waals surface area contributed by atoms with Gasteiger partial charge in [0.25, 0.3) is 10.0 Å². The van der Waals surface area contributed by atoms with Gasteiger partial charge in [-0.2, -0.15) is 0 Å². The van der Waals surface area contributed by atoms with Crippen molar-refractivity contribution in [1.82, 2.24) is 4.31 Å². The van der Waals surface area contributed by atoms with Crippen molar-refractivity contribution in [1.29, 1.82) is 0 Å². The molecule has 0 radical (unpaired) electrons. The van der Waals surface area contributed by atoms with Crippen molar-refractivity contribution in [3.05, 3.63) is 65.7 Å². The first-order valence-electron chi connectivity index (χ1n) is 13.9. The fourth-order valence-electron chi connectivity index (χ4n) is 8.82. The van der Waals surface area contributed by atoms with Crippen molar-refractivity contribution < 1.29 is 21.6 Å². The standard InChI is InChI=1S/C30H34N2O5S2/c1-19-13-14-23(28(33)32-25-17-20-15-16-30(25,29(20,2)3)18-38(32,34)35)27-26(19)22-11-7-8-12-24(22)31(27)39(36,37)21-9-5-4-6-10-21/h4-12,20,23,25,27H,13-18H2,1-3H3/t20-,23-,25?,27+,30+/m1/s1. The second-order valence-electron chi connectivity index (χ2n) is 12.7. The number of nitrogens with zero attached hydrogens (tertiary/aromatic N) is 2. The quantitative estimate of drug-likeness (QED) is 0.532. The number of allylic oxidation sites excluding steroid dienone is 1. The molecule has 2 saturated carbocycles. The lowest BCUT2D eigenvalue weighted by Crippen LogP contribution is -2.53. The van der Waals surface area contributed by atoms with Crippen LogP contribution in [0.25, 0.3) is 5.57 Å². The molecule has 2 aromatic rings. The third-order valence-electron chi connectivity index (χ3n) is 10.9. The Hall–Kier alpha value is -2.65. The molecule has 1 unspecified atom stereocenters. The molecule has 2 aromatic carbocycles. The summed E-state index contributed by atoms with van der Waals surface area (Å²) in [6, 6.07) is 14.5. The maximum absolute atomic E-state index is 14.6. The highest BCUT2D eigenvalue weighted by Crippen LogP contribution is 2.70. The van der Waals surface area contributed by atoms with E-state index in [1.54, 1.807) is 36.4 Å². The number of hydrogen-bond donors (Lipinski definition) is 0. The van der Waals surface area contributed by atoms with Crippen LogP contribution in [0.4, 0.5) is 5.69 Å². The van der Waals surface area contributed by atoms with Gasteiger partial charge in [0.2, 0.25) is 15.9 Å². The van der Waals surface area contributed by atoms with E-state index in [4.69, 9.17) is 0 Å². The molecular weight excluding hydrogens is 532 g/mol. The highest BCUT2D eigenvalue weighted by atomic mass is 32.2. The summed E-state index contributed by atoms with van der Waals surface area (Å²) in [5.74, 6) is -0.827. The van der Waals surface area contributed by atoms with Gasteiger partial charge in [-0.3, -0.25) is 9.10 Å². The number of fused-ring (bicyclic) bond motifs is 4. The first-order chi connectivity index (χ1) is 18.4. The molecule has 7 rings (SSSR count). The zero-order chi connectivity index (χ0) is 27.5. The predicted molar refractivity (Wildman–Crippen MR) is 150 cm³/mol. The third-order valence-corrected chi connectivity index (χ3v) is 14.6. The zero-order valence-electron chi connectivity index (χ0n) is 22.5. The van der Waals surface area contributed by atoms with Crippen molar-refractivity contribution in [2.24, 2.45) is 22.7 Å². The molecule has 2 aliphatic heterocycles. The van der Waals surface area contributed by atoms with Crippen LogP contribution in [0, 0.1) is 22.7 Å². The molecule has 2 heterocycles. The first-order valence-corrected chi connectivity index (χ1v) is 16.9. The molecular formula is C30H34N2O5S2. The number of para-hydroxylation sites is 1. The molecule has 39 heavy (non-hydrogen) atoms. The highest BCUT2D eigenvalue weighted by Gasteiger charge is 2.72. The summed E-state index contributed by atoms with van der Waals surface area (Å²) in [6.07, 6.45) is 3.54. The van der Waals surface area contributed by atoms with Crippen LogP contribution >= 0.6 is 0 Å². The van der Waals surface area contributed by atoms with Gasteiger partial charge in [-0.05, 0) is 74.1 Å². The number of amides is 1. The first kappa shape index (κ1) is 25.3.